The number of aromatic hydroxyl groups is 11. The lowest BCUT2D eigenvalue weighted by atomic mass is 9.33. The molecule has 450 valence electrons. The Morgan fingerprint density at radius 2 is 1.04 bits per heavy atom. The van der Waals surface area contributed by atoms with Gasteiger partial charge in [-0.15, -0.1) is 0 Å². The van der Waals surface area contributed by atoms with E-state index in [1.54, 1.807) is 0 Å². The summed E-state index contributed by atoms with van der Waals surface area (Å²) in [4.78, 5) is 22.8. The fourth-order valence-corrected chi connectivity index (χ4v) is 15.6. The average molecular weight is 1170 g/mol. The number of carbonyl (C=O) groups is 2. The summed E-state index contributed by atoms with van der Waals surface area (Å²) in [7, 11) is 0. The Hall–Kier alpha value is -8.64. The first-order chi connectivity index (χ1) is 39.9. The summed E-state index contributed by atoms with van der Waals surface area (Å²) in [5.74, 6) is -2.37. The highest BCUT2D eigenvalue weighted by atomic mass is 16.4. The number of fused-ring (bicyclic) bond motifs is 9. The van der Waals surface area contributed by atoms with Crippen molar-refractivity contribution in [2.45, 2.75) is 112 Å². The van der Waals surface area contributed by atoms with Crippen molar-refractivity contribution in [2.75, 3.05) is 0 Å². The van der Waals surface area contributed by atoms with Gasteiger partial charge >= 0.3 is 22.7 Å². The third-order valence-corrected chi connectivity index (χ3v) is 20.6. The van der Waals surface area contributed by atoms with Crippen LogP contribution < -0.4 is 10.2 Å². The maximum Gasteiger partial charge on any atom is 0.402 e. The van der Waals surface area contributed by atoms with Gasteiger partial charge in [-0.05, 0) is 163 Å². The Balaban J connectivity index is 0.000000145. The van der Waals surface area contributed by atoms with Crippen molar-refractivity contribution >= 4 is 33.9 Å². The summed E-state index contributed by atoms with van der Waals surface area (Å²) in [6.07, 6.45) is 11.3. The van der Waals surface area contributed by atoms with Crippen molar-refractivity contribution in [3.63, 3.8) is 0 Å². The number of phenolic OH excluding ortho intramolecular Hbond substituents is 9. The minimum atomic E-state index is -1.24. The highest BCUT2D eigenvalue weighted by Crippen LogP contribution is 2.76. The molecule has 5 aromatic carbocycles. The molecule has 0 bridgehead atoms. The number of carboxylic acid groups (broad SMARTS) is 2. The van der Waals surface area contributed by atoms with Crippen LogP contribution in [0.2, 0.25) is 0 Å². The van der Waals surface area contributed by atoms with E-state index in [-0.39, 0.29) is 136 Å². The normalized spacial score (nSPS) is 27.9. The Bertz CT molecular complexity index is 3620. The van der Waals surface area contributed by atoms with Crippen LogP contribution in [0.3, 0.4) is 0 Å². The van der Waals surface area contributed by atoms with Gasteiger partial charge in [-0.3, -0.25) is 0 Å². The molecule has 0 aliphatic heterocycles. The molecule has 0 saturated heterocycles. The van der Waals surface area contributed by atoms with Crippen molar-refractivity contribution in [1.29, 1.82) is 0 Å². The highest BCUT2D eigenvalue weighted by molar-refractivity contribution is 5.90. The molecule has 85 heavy (non-hydrogen) atoms. The summed E-state index contributed by atoms with van der Waals surface area (Å²) in [6.45, 7) is 16.8. The van der Waals surface area contributed by atoms with Crippen LogP contribution >= 0.6 is 0 Å². The van der Waals surface area contributed by atoms with Gasteiger partial charge in [-0.2, -0.15) is 0 Å². The number of aliphatic carboxylic acids is 1. The van der Waals surface area contributed by atoms with Gasteiger partial charge in [0.25, 0.3) is 0 Å². The van der Waals surface area contributed by atoms with Crippen molar-refractivity contribution < 1.29 is 89.9 Å². The lowest BCUT2D eigenvalue weighted by Crippen LogP contribution is -2.66. The second-order valence-electron chi connectivity index (χ2n) is 25.4. The third kappa shape index (κ3) is 10.7. The number of carboxylic acids is 2. The van der Waals surface area contributed by atoms with Crippen LogP contribution in [0.4, 0.5) is 0 Å². The average Bonchev–Trinajstić information content (AvgIpc) is 0.688. The van der Waals surface area contributed by atoms with Crippen LogP contribution in [-0.4, -0.2) is 79.3 Å². The molecule has 2 unspecified atom stereocenters. The van der Waals surface area contributed by atoms with Crippen LogP contribution in [0.25, 0.3) is 44.6 Å². The number of rotatable bonds is 4. The van der Waals surface area contributed by atoms with E-state index in [2.05, 4.69) is 54.5 Å². The second-order valence-corrected chi connectivity index (χ2v) is 25.4. The quantitative estimate of drug-likeness (QED) is 0.0442. The lowest BCUT2D eigenvalue weighted by molar-refractivity contribution is -0.327. The molecule has 18 nitrogen and oxygen atoms in total. The highest BCUT2D eigenvalue weighted by Gasteiger charge is 2.68. The molecule has 18 heteroatoms. The Kier molecular flexibility index (Phi) is 16.1. The fraction of sp³-hybridized carbons (Fsp3) is 0.403. The summed E-state index contributed by atoms with van der Waals surface area (Å²) >= 11 is 0. The van der Waals surface area contributed by atoms with E-state index >= 15 is 0 Å². The number of aliphatic hydroxyl groups is 1. The first-order valence-corrected chi connectivity index (χ1v) is 28.6. The van der Waals surface area contributed by atoms with Crippen LogP contribution in [0, 0.1) is 56.7 Å². The molecule has 0 radical (unpaired) electrons. The number of phenols is 9. The van der Waals surface area contributed by atoms with E-state index in [9.17, 15) is 76.0 Å². The Morgan fingerprint density at radius 1 is 0.518 bits per heavy atom. The number of benzene rings is 5. The molecule has 7 aromatic rings. The monoisotopic (exact) mass is 1170 g/mol. The SMILES string of the molecule is C[C@H]1[C@H](C)CC[C@]2(C(=O)[O-])CC[C@]3(C)C(=CCC4[C@@]5(C)CC[C@H](O)C(C)(C)C5CC[C@]43C)[C@H]12.O=C([O-])c1ccc(O)cc1.Oc1cc(O)c2cc(O)c(-c3ccc(O)c(O)c3)[o+]c2c1.Oc1cc(O)c2cc(O)c(-c3ccc(O)c(O)c3)[o+]c2c1. The van der Waals surface area contributed by atoms with E-state index in [0.29, 0.717) is 34.8 Å². The van der Waals surface area contributed by atoms with Gasteiger partial charge in [0.05, 0.1) is 35.3 Å². The molecule has 10 atom stereocenters. The van der Waals surface area contributed by atoms with E-state index in [1.165, 1.54) is 103 Å². The predicted molar refractivity (Wildman–Crippen MR) is 311 cm³/mol. The summed E-state index contributed by atoms with van der Waals surface area (Å²) in [5, 5.41) is 139. The van der Waals surface area contributed by atoms with Crippen molar-refractivity contribution in [1.82, 2.24) is 0 Å². The Morgan fingerprint density at radius 3 is 1.52 bits per heavy atom. The van der Waals surface area contributed by atoms with Gasteiger partial charge in [-0.25, -0.2) is 8.83 Å². The zero-order valence-corrected chi connectivity index (χ0v) is 48.5. The molecular weight excluding hydrogens is 1090 g/mol. The number of hydrogen-bond acceptors (Lipinski definition) is 16. The van der Waals surface area contributed by atoms with E-state index in [0.717, 1.165) is 57.1 Å². The largest absolute Gasteiger partial charge is 0.550 e. The van der Waals surface area contributed by atoms with Gasteiger partial charge in [-0.1, -0.05) is 60.1 Å². The molecule has 12 rings (SSSR count). The number of carbonyl (C=O) groups excluding carboxylic acids is 2. The van der Waals surface area contributed by atoms with Crippen molar-refractivity contribution in [3.8, 4) is 85.9 Å². The van der Waals surface area contributed by atoms with Gasteiger partial charge in [0.15, 0.2) is 23.0 Å². The second kappa shape index (κ2) is 22.4. The fourth-order valence-electron chi connectivity index (χ4n) is 15.6. The predicted octanol–water partition coefficient (Wildman–Crippen LogP) is 11.3. The molecule has 4 fully saturated rings. The summed E-state index contributed by atoms with van der Waals surface area (Å²) in [6, 6.07) is 20.4. The summed E-state index contributed by atoms with van der Waals surface area (Å²) in [5.41, 5.74) is 2.28. The number of aliphatic hydroxyl groups excluding tert-OH is 1. The molecule has 0 spiro atoms. The maximum absolute atomic E-state index is 12.7. The van der Waals surface area contributed by atoms with Crippen molar-refractivity contribution in [2.24, 2.45) is 56.7 Å². The van der Waals surface area contributed by atoms with Gasteiger partial charge < -0.3 is 81.1 Å². The molecular formula is C67H74O18. The smallest absolute Gasteiger partial charge is 0.402 e. The minimum absolute atomic E-state index is 0.0304. The lowest BCUT2D eigenvalue weighted by Gasteiger charge is -2.71. The molecule has 5 aliphatic rings. The standard InChI is InChI=1S/C30H48O3.2C15H10O6.C7H6O3/c1-18-10-15-30(25(32)33)17-16-28(6)20(24(30)19(18)2)8-9-22-27(5)13-12-23(31)26(3,4)21(27)11-14-29(22,28)7;2*16-8-4-11(18)9-6-13(20)15(21-14(9)5-8)7-1-2-10(17)12(19)3-7;8-6-3-1-5(2-4-6)7(9)10/h8,18-19,21-24,31H,9-17H2,1-7H3,(H,32,33);2*1-6H,(H4-,16,17,18,19,20);1-4,8H,(H,9,10)/t18-,19+,21?,22?,23+,24+,27+,28-,29-,30+;;;/m1.../s1. The number of allylic oxidation sites excluding steroid dienone is 2. The van der Waals surface area contributed by atoms with Crippen LogP contribution in [0.5, 0.6) is 63.2 Å². The van der Waals surface area contributed by atoms with Gasteiger partial charge in [0.1, 0.15) is 39.5 Å². The molecule has 2 heterocycles. The first kappa shape index (κ1) is 60.9. The van der Waals surface area contributed by atoms with Crippen LogP contribution in [0.15, 0.2) is 118 Å². The van der Waals surface area contributed by atoms with Crippen molar-refractivity contribution in [3.05, 3.63) is 114 Å². The number of aromatic carboxylic acids is 1. The van der Waals surface area contributed by atoms with E-state index in [1.807, 2.05) is 0 Å². The minimum Gasteiger partial charge on any atom is -0.550 e. The molecule has 12 N–H and O–H groups in total. The third-order valence-electron chi connectivity index (χ3n) is 20.6. The molecule has 5 aliphatic carbocycles. The zero-order chi connectivity index (χ0) is 62.0. The number of hydrogen-bond donors (Lipinski definition) is 12. The zero-order valence-electron chi connectivity index (χ0n) is 48.5. The molecule has 2 aromatic heterocycles. The first-order valence-electron chi connectivity index (χ1n) is 28.6. The van der Waals surface area contributed by atoms with Gasteiger partial charge in [0.2, 0.25) is 11.5 Å². The Labute approximate surface area is 491 Å². The molecule has 4 saturated carbocycles. The summed E-state index contributed by atoms with van der Waals surface area (Å²) < 4.78 is 10.9. The topological polar surface area (TPSA) is 346 Å². The molecule has 0 amide bonds. The van der Waals surface area contributed by atoms with E-state index in [4.69, 9.17) is 13.9 Å². The van der Waals surface area contributed by atoms with Crippen LogP contribution in [-0.2, 0) is 4.79 Å². The van der Waals surface area contributed by atoms with Crippen LogP contribution in [0.1, 0.15) is 117 Å². The van der Waals surface area contributed by atoms with E-state index < -0.39 is 17.4 Å². The van der Waals surface area contributed by atoms with Gasteiger partial charge in [0, 0.05) is 47.8 Å². The maximum atomic E-state index is 12.7.